The van der Waals surface area contributed by atoms with E-state index in [1.807, 2.05) is 12.1 Å². The molecule has 0 aliphatic carbocycles. The Hall–Kier alpha value is -3.13. The Balaban J connectivity index is 1.67. The topological polar surface area (TPSA) is 75.7 Å². The average molecular weight is 546 g/mol. The molecule has 1 N–H and O–H groups in total. The first-order valence-electron chi connectivity index (χ1n) is 9.65. The third-order valence-corrected chi connectivity index (χ3v) is 5.73. The third kappa shape index (κ3) is 5.27. The zero-order valence-electron chi connectivity index (χ0n) is 16.8. The van der Waals surface area contributed by atoms with E-state index in [1.165, 1.54) is 12.1 Å². The van der Waals surface area contributed by atoms with Gasteiger partial charge in [0.15, 0.2) is 0 Å². The van der Waals surface area contributed by atoms with Gasteiger partial charge in [0.2, 0.25) is 0 Å². The number of nitrogens with zero attached hydrogens (tertiary/aromatic N) is 1. The molecule has 0 spiro atoms. The first-order valence-corrected chi connectivity index (χ1v) is 11.2. The van der Waals surface area contributed by atoms with Crippen molar-refractivity contribution in [3.8, 4) is 5.75 Å². The second kappa shape index (κ2) is 9.79. The molecule has 3 aromatic rings. The number of halogens is 3. The Labute approximate surface area is 207 Å². The van der Waals surface area contributed by atoms with Crippen LogP contribution in [0.25, 0.3) is 6.08 Å². The van der Waals surface area contributed by atoms with Crippen LogP contribution < -0.4 is 15.0 Å². The van der Waals surface area contributed by atoms with Gasteiger partial charge in [-0.05, 0) is 60.2 Å². The Bertz CT molecular complexity index is 1290. The fourth-order valence-corrected chi connectivity index (χ4v) is 3.86. The van der Waals surface area contributed by atoms with Crippen molar-refractivity contribution in [1.82, 2.24) is 5.32 Å². The fourth-order valence-electron chi connectivity index (χ4n) is 3.17. The van der Waals surface area contributed by atoms with Crippen molar-refractivity contribution in [1.29, 1.82) is 0 Å². The van der Waals surface area contributed by atoms with Gasteiger partial charge in [-0.15, -0.1) is 0 Å². The van der Waals surface area contributed by atoms with Crippen molar-refractivity contribution >= 4 is 68.7 Å². The molecule has 1 saturated heterocycles. The number of amides is 4. The highest BCUT2D eigenvalue weighted by Crippen LogP contribution is 2.29. The summed E-state index contributed by atoms with van der Waals surface area (Å²) in [5.41, 5.74) is 1.41. The van der Waals surface area contributed by atoms with Crippen molar-refractivity contribution in [3.05, 3.63) is 97.9 Å². The number of rotatable bonds is 5. The second-order valence-corrected chi connectivity index (χ2v) is 8.82. The lowest BCUT2D eigenvalue weighted by molar-refractivity contribution is -0.122. The molecule has 0 bridgehead atoms. The maximum Gasteiger partial charge on any atom is 0.335 e. The van der Waals surface area contributed by atoms with E-state index in [2.05, 4.69) is 21.2 Å². The highest BCUT2D eigenvalue weighted by Gasteiger charge is 2.37. The summed E-state index contributed by atoms with van der Waals surface area (Å²) in [6.45, 7) is 0.252. The minimum Gasteiger partial charge on any atom is -0.488 e. The fraction of sp³-hybridized carbons (Fsp3) is 0.0417. The quantitative estimate of drug-likeness (QED) is 0.315. The molecule has 0 radical (unpaired) electrons. The Morgan fingerprint density at radius 3 is 2.42 bits per heavy atom. The van der Waals surface area contributed by atoms with Crippen LogP contribution >= 0.6 is 39.1 Å². The molecule has 166 valence electrons. The maximum atomic E-state index is 13.1. The van der Waals surface area contributed by atoms with Gasteiger partial charge in [-0.25, -0.2) is 9.69 Å². The highest BCUT2D eigenvalue weighted by molar-refractivity contribution is 9.10. The number of anilines is 1. The van der Waals surface area contributed by atoms with E-state index >= 15 is 0 Å². The molecule has 1 fully saturated rings. The van der Waals surface area contributed by atoms with Crippen LogP contribution in [-0.4, -0.2) is 17.8 Å². The van der Waals surface area contributed by atoms with Crippen LogP contribution in [0, 0.1) is 0 Å². The molecule has 4 rings (SSSR count). The number of ether oxygens (including phenoxy) is 1. The molecule has 0 saturated carbocycles. The summed E-state index contributed by atoms with van der Waals surface area (Å²) >= 11 is 15.3. The van der Waals surface area contributed by atoms with Crippen molar-refractivity contribution in [2.24, 2.45) is 0 Å². The minimum atomic E-state index is -0.849. The predicted molar refractivity (Wildman–Crippen MR) is 130 cm³/mol. The van der Waals surface area contributed by atoms with Crippen LogP contribution in [0.3, 0.4) is 0 Å². The summed E-state index contributed by atoms with van der Waals surface area (Å²) in [5.74, 6) is -1.12. The first kappa shape index (κ1) is 23.0. The average Bonchev–Trinajstić information content (AvgIpc) is 2.77. The van der Waals surface area contributed by atoms with Gasteiger partial charge in [0.05, 0.1) is 5.69 Å². The Kier molecular flexibility index (Phi) is 6.83. The molecule has 4 amide bonds. The molecule has 1 aliphatic heterocycles. The van der Waals surface area contributed by atoms with E-state index in [9.17, 15) is 14.4 Å². The summed E-state index contributed by atoms with van der Waals surface area (Å²) in [6, 6.07) is 17.8. The van der Waals surface area contributed by atoms with E-state index in [0.717, 1.165) is 14.9 Å². The van der Waals surface area contributed by atoms with Gasteiger partial charge in [-0.1, -0.05) is 57.3 Å². The Morgan fingerprint density at radius 1 is 0.939 bits per heavy atom. The van der Waals surface area contributed by atoms with Gasteiger partial charge in [-0.3, -0.25) is 14.9 Å². The van der Waals surface area contributed by atoms with Gasteiger partial charge in [0.1, 0.15) is 17.9 Å². The van der Waals surface area contributed by atoms with E-state index < -0.39 is 17.8 Å². The number of carbonyl (C=O) groups excluding carboxylic acids is 3. The summed E-state index contributed by atoms with van der Waals surface area (Å²) in [7, 11) is 0. The normalized spacial score (nSPS) is 15.1. The molecule has 6 nitrogen and oxygen atoms in total. The second-order valence-electron chi connectivity index (χ2n) is 7.04. The van der Waals surface area contributed by atoms with Crippen molar-refractivity contribution < 1.29 is 19.1 Å². The molecule has 0 aromatic heterocycles. The van der Waals surface area contributed by atoms with Crippen LogP contribution in [-0.2, 0) is 16.2 Å². The minimum absolute atomic E-state index is 0.219. The van der Waals surface area contributed by atoms with Crippen molar-refractivity contribution in [2.45, 2.75) is 6.61 Å². The number of imide groups is 2. The lowest BCUT2D eigenvalue weighted by Gasteiger charge is -2.26. The summed E-state index contributed by atoms with van der Waals surface area (Å²) in [6.07, 6.45) is 1.39. The lowest BCUT2D eigenvalue weighted by atomic mass is 10.1. The summed E-state index contributed by atoms with van der Waals surface area (Å²) in [4.78, 5) is 38.9. The third-order valence-electron chi connectivity index (χ3n) is 4.75. The number of hydrogen-bond acceptors (Lipinski definition) is 4. The lowest BCUT2D eigenvalue weighted by Crippen LogP contribution is -2.54. The van der Waals surface area contributed by atoms with Gasteiger partial charge in [0.25, 0.3) is 11.8 Å². The number of nitrogens with one attached hydrogen (secondary N) is 1. The van der Waals surface area contributed by atoms with Crippen molar-refractivity contribution in [2.75, 3.05) is 4.90 Å². The van der Waals surface area contributed by atoms with E-state index in [4.69, 9.17) is 27.9 Å². The van der Waals surface area contributed by atoms with Crippen LogP contribution in [0.2, 0.25) is 10.0 Å². The van der Waals surface area contributed by atoms with Gasteiger partial charge < -0.3 is 4.74 Å². The summed E-state index contributed by atoms with van der Waals surface area (Å²) < 4.78 is 6.65. The molecular formula is C24H15BrCl2N2O4. The molecule has 1 aliphatic rings. The smallest absolute Gasteiger partial charge is 0.335 e. The van der Waals surface area contributed by atoms with Crippen LogP contribution in [0.1, 0.15) is 11.1 Å². The molecule has 9 heteroatoms. The molecule has 0 unspecified atom stereocenters. The molecule has 0 atom stereocenters. The Morgan fingerprint density at radius 2 is 1.70 bits per heavy atom. The number of urea groups is 1. The van der Waals surface area contributed by atoms with Crippen LogP contribution in [0.4, 0.5) is 10.5 Å². The van der Waals surface area contributed by atoms with Gasteiger partial charge in [0, 0.05) is 20.1 Å². The predicted octanol–water partition coefficient (Wildman–Crippen LogP) is 6.00. The van der Waals surface area contributed by atoms with Crippen molar-refractivity contribution in [3.63, 3.8) is 0 Å². The van der Waals surface area contributed by atoms with Crippen LogP contribution in [0.15, 0.2) is 76.8 Å². The zero-order chi connectivity index (χ0) is 23.5. The zero-order valence-corrected chi connectivity index (χ0v) is 19.9. The van der Waals surface area contributed by atoms with Gasteiger partial charge >= 0.3 is 6.03 Å². The molecular weight excluding hydrogens is 531 g/mol. The first-order chi connectivity index (χ1) is 15.8. The standard InChI is InChI=1S/C24H15BrCl2N2O4/c25-16-6-9-21(33-13-14-4-7-17(26)8-5-14)15(10-16)11-20-22(30)28-24(32)29(23(20)31)19-3-1-2-18(27)12-19/h1-12H,13H2,(H,28,30,32)/b20-11+. The summed E-state index contributed by atoms with van der Waals surface area (Å²) in [5, 5.41) is 3.16. The van der Waals surface area contributed by atoms with E-state index in [-0.39, 0.29) is 17.9 Å². The number of carbonyl (C=O) groups is 3. The molecule has 33 heavy (non-hydrogen) atoms. The highest BCUT2D eigenvalue weighted by atomic mass is 79.9. The largest absolute Gasteiger partial charge is 0.488 e. The number of benzene rings is 3. The molecule has 1 heterocycles. The number of hydrogen-bond donors (Lipinski definition) is 1. The monoisotopic (exact) mass is 544 g/mol. The number of barbiturate groups is 1. The van der Waals surface area contributed by atoms with E-state index in [1.54, 1.807) is 48.5 Å². The van der Waals surface area contributed by atoms with Crippen LogP contribution in [0.5, 0.6) is 5.75 Å². The molecule has 3 aromatic carbocycles. The van der Waals surface area contributed by atoms with E-state index in [0.29, 0.717) is 21.4 Å². The van der Waals surface area contributed by atoms with Gasteiger partial charge in [-0.2, -0.15) is 0 Å². The SMILES string of the molecule is O=C1NC(=O)N(c2cccc(Cl)c2)C(=O)/C1=C/c1cc(Br)ccc1OCc1ccc(Cl)cc1. The maximum absolute atomic E-state index is 13.1.